The van der Waals surface area contributed by atoms with Crippen molar-refractivity contribution in [1.82, 2.24) is 0 Å². The molecule has 0 unspecified atom stereocenters. The van der Waals surface area contributed by atoms with Gasteiger partial charge >= 0.3 is 0 Å². The van der Waals surface area contributed by atoms with Crippen LogP contribution in [-0.2, 0) is 0 Å². The van der Waals surface area contributed by atoms with E-state index in [0.29, 0.717) is 13.9 Å². The Hall–Kier alpha value is 1.30. The predicted octanol–water partition coefficient (Wildman–Crippen LogP) is -5.50. The first-order chi connectivity index (χ1) is 2.64. The van der Waals surface area contributed by atoms with Crippen molar-refractivity contribution in [2.45, 2.75) is 0 Å². The minimum absolute atomic E-state index is 0.551. The summed E-state index contributed by atoms with van der Waals surface area (Å²) < 4.78 is 0. The van der Waals surface area contributed by atoms with E-state index in [1.807, 2.05) is 0 Å². The summed E-state index contributed by atoms with van der Waals surface area (Å²) in [5.74, 6) is 0. The van der Waals surface area contributed by atoms with Gasteiger partial charge in [0.25, 0.3) is 0 Å². The molecule has 0 aliphatic heterocycles. The van der Waals surface area contributed by atoms with Crippen molar-refractivity contribution < 1.29 is 0 Å². The summed E-state index contributed by atoms with van der Waals surface area (Å²) in [5.41, 5.74) is 0. The molecule has 0 bridgehead atoms. The second-order valence-corrected chi connectivity index (χ2v) is 54.0. The lowest BCUT2D eigenvalue weighted by Crippen LogP contribution is -2.19. The summed E-state index contributed by atoms with van der Waals surface area (Å²) in [5, 5.41) is 0. The molecule has 6 heavy (non-hydrogen) atoms. The Morgan fingerprint density at radius 2 is 0.833 bits per heavy atom. The van der Waals surface area contributed by atoms with Crippen LogP contribution in [0, 0.1) is 0 Å². The molecule has 0 N–H and O–H groups in total. The molecule has 0 aliphatic rings. The second-order valence-electron chi connectivity index (χ2n) is 2.00. The lowest BCUT2D eigenvalue weighted by molar-refractivity contribution is 3.94. The maximum absolute atomic E-state index is 1.63. The van der Waals surface area contributed by atoms with Gasteiger partial charge in [-0.3, -0.25) is 0 Å². The average molecular weight is 181 g/mol. The van der Waals surface area contributed by atoms with Gasteiger partial charge in [0.15, 0.2) is 0 Å². The molecule has 0 aromatic heterocycles. The third kappa shape index (κ3) is 3.49. The first kappa shape index (κ1) is 7.30. The van der Waals surface area contributed by atoms with Crippen molar-refractivity contribution in [1.29, 1.82) is 0 Å². The topological polar surface area (TPSA) is 0 Å². The molecule has 0 atom stereocenters. The Balaban J connectivity index is 3.68. The normalized spacial score (nSPS) is 10.0. The summed E-state index contributed by atoms with van der Waals surface area (Å²) >= 11 is 0. The Kier molecular flexibility index (Phi) is 4.04. The van der Waals surface area contributed by atoms with Crippen LogP contribution < -0.4 is 0 Å². The lowest BCUT2D eigenvalue weighted by Gasteiger charge is -1.84. The van der Waals surface area contributed by atoms with E-state index in [-0.39, 0.29) is 0 Å². The van der Waals surface area contributed by atoms with Crippen LogP contribution in [0.2, 0.25) is 0 Å². The monoisotopic (exact) mass is 180 g/mol. The molecule has 0 radical (unpaired) electrons. The molecule has 0 aromatic rings. The van der Waals surface area contributed by atoms with E-state index in [1.54, 1.807) is 39.0 Å². The van der Waals surface area contributed by atoms with E-state index in [1.165, 1.54) is 0 Å². The van der Waals surface area contributed by atoms with Crippen molar-refractivity contribution >= 4 is 52.9 Å². The van der Waals surface area contributed by atoms with E-state index in [4.69, 9.17) is 0 Å². The highest BCUT2D eigenvalue weighted by Gasteiger charge is 1.78. The quantitative estimate of drug-likeness (QED) is 0.327. The number of hydrogen-bond acceptors (Lipinski definition) is 0. The van der Waals surface area contributed by atoms with Gasteiger partial charge in [0.2, 0.25) is 0 Å². The Morgan fingerprint density at radius 1 is 0.667 bits per heavy atom. The van der Waals surface area contributed by atoms with Gasteiger partial charge in [0.1, 0.15) is 0 Å². The molecule has 0 fully saturated rings. The van der Waals surface area contributed by atoms with E-state index in [2.05, 4.69) is 0 Å². The fourth-order valence-corrected chi connectivity index (χ4v) is 0. The molecule has 0 rings (SSSR count). The number of hydrogen-bond donors (Lipinski definition) is 0. The van der Waals surface area contributed by atoms with E-state index < -0.39 is 0 Å². The molecule has 36 valence electrons. The molecule has 0 aromatic carbocycles. The average Bonchev–Trinajstić information content (AvgIpc) is 1.36. The van der Waals surface area contributed by atoms with Crippen LogP contribution in [0.4, 0.5) is 0 Å². The van der Waals surface area contributed by atoms with Gasteiger partial charge in [0.05, 0.1) is 0 Å². The van der Waals surface area contributed by atoms with Crippen molar-refractivity contribution in [2.75, 3.05) is 0 Å². The Bertz CT molecular complexity index is 50.1. The molecule has 0 nitrogen and oxygen atoms in total. The minimum atomic E-state index is 0.551. The van der Waals surface area contributed by atoms with E-state index >= 15 is 0 Å². The van der Waals surface area contributed by atoms with Crippen molar-refractivity contribution in [3.05, 3.63) is 0 Å². The van der Waals surface area contributed by atoms with Crippen molar-refractivity contribution in [2.24, 2.45) is 0 Å². The first-order valence-electron chi connectivity index (χ1n) is 2.25. The lowest BCUT2D eigenvalue weighted by atomic mass is 26.3. The molecular formula is H12Si6. The summed E-state index contributed by atoms with van der Waals surface area (Å²) in [6, 6.07) is 0. The van der Waals surface area contributed by atoms with Crippen LogP contribution >= 0.6 is 0 Å². The van der Waals surface area contributed by atoms with E-state index in [9.17, 15) is 0 Å². The van der Waals surface area contributed by atoms with Crippen LogP contribution in [0.5, 0.6) is 0 Å². The van der Waals surface area contributed by atoms with Gasteiger partial charge in [0, 0.05) is 39.0 Å². The summed E-state index contributed by atoms with van der Waals surface area (Å²) in [6.07, 6.45) is 0. The highest BCUT2D eigenvalue weighted by molar-refractivity contribution is 7.57. The Labute approximate surface area is 53.1 Å². The molecule has 6 heteroatoms. The predicted molar refractivity (Wildman–Crippen MR) is 51.3 cm³/mol. The standard InChI is InChI=1S/H12Si6/c1-5(2)6(3)4/h1-4H3. The third-order valence-electron chi connectivity index (χ3n) is 1.00. The van der Waals surface area contributed by atoms with Crippen LogP contribution in [0.3, 0.4) is 0 Å². The molecular weight excluding hydrogens is 169 g/mol. The summed E-state index contributed by atoms with van der Waals surface area (Å²) in [6.45, 7) is 1.10. The fourth-order valence-electron chi connectivity index (χ4n) is 0. The maximum Gasteiger partial charge on any atom is 0.00662 e. The molecule has 0 amide bonds. The first-order valence-corrected chi connectivity index (χ1v) is 20.2. The largest absolute Gasteiger partial charge is 0.0572 e. The zero-order chi connectivity index (χ0) is 5.15. The molecule has 0 spiro atoms. The van der Waals surface area contributed by atoms with Gasteiger partial charge in [-0.15, -0.1) is 0 Å². The van der Waals surface area contributed by atoms with Gasteiger partial charge in [-0.1, -0.05) is 13.9 Å². The van der Waals surface area contributed by atoms with Gasteiger partial charge in [-0.2, -0.15) is 0 Å². The molecule has 0 saturated carbocycles. The van der Waals surface area contributed by atoms with E-state index in [0.717, 1.165) is 0 Å². The number of rotatable bonds is 0. The van der Waals surface area contributed by atoms with Gasteiger partial charge in [-0.25, -0.2) is 0 Å². The zero-order valence-electron chi connectivity index (χ0n) is 5.00. The van der Waals surface area contributed by atoms with Crippen LogP contribution in [0.15, 0.2) is 0 Å². The summed E-state index contributed by atoms with van der Waals surface area (Å²) in [4.78, 5) is 0. The SMILES string of the molecule is [SiH3][Si]([SiH3])=[Si]([SiH3])[SiH3]. The smallest absolute Gasteiger partial charge is 0.00662 e. The second kappa shape index (κ2) is 3.32. The highest BCUT2D eigenvalue weighted by Crippen LogP contribution is 1.43. The maximum atomic E-state index is 1.63. The van der Waals surface area contributed by atoms with Crippen LogP contribution in [-0.4, -0.2) is 52.9 Å². The van der Waals surface area contributed by atoms with Crippen LogP contribution in [0.25, 0.3) is 0 Å². The highest BCUT2D eigenvalue weighted by atomic mass is 29.9. The fraction of sp³-hybridized carbons (Fsp3) is 0. The molecule has 0 aliphatic carbocycles. The molecule has 0 heterocycles. The van der Waals surface area contributed by atoms with Crippen LogP contribution in [0.1, 0.15) is 0 Å². The zero-order valence-corrected chi connectivity index (χ0v) is 15.0. The van der Waals surface area contributed by atoms with Gasteiger partial charge < -0.3 is 0 Å². The van der Waals surface area contributed by atoms with Crippen molar-refractivity contribution in [3.63, 3.8) is 0 Å². The van der Waals surface area contributed by atoms with Crippen molar-refractivity contribution in [3.8, 4) is 0 Å². The third-order valence-corrected chi connectivity index (χ3v) is 81.0. The Morgan fingerprint density at radius 3 is 0.833 bits per heavy atom. The molecule has 0 saturated heterocycles. The minimum Gasteiger partial charge on any atom is -0.0572 e. The summed E-state index contributed by atoms with van der Waals surface area (Å²) in [7, 11) is 6.53. The van der Waals surface area contributed by atoms with Gasteiger partial charge in [-0.05, 0) is 0 Å².